The lowest BCUT2D eigenvalue weighted by molar-refractivity contribution is -0.131. The minimum absolute atomic E-state index is 0.633. The monoisotopic (exact) mass is 242 g/mol. The zero-order valence-electron chi connectivity index (χ0n) is 10.1. The van der Waals surface area contributed by atoms with Crippen molar-refractivity contribution in [1.82, 2.24) is 9.78 Å². The van der Waals surface area contributed by atoms with Crippen molar-refractivity contribution in [2.75, 3.05) is 0 Å². The van der Waals surface area contributed by atoms with Gasteiger partial charge in [0.05, 0.1) is 12.2 Å². The van der Waals surface area contributed by atoms with Crippen molar-refractivity contribution in [1.29, 1.82) is 0 Å². The molecule has 0 aliphatic heterocycles. The van der Waals surface area contributed by atoms with E-state index in [-0.39, 0.29) is 0 Å². The minimum Gasteiger partial charge on any atom is -0.478 e. The smallest absolute Gasteiger partial charge is 0.328 e. The molecule has 0 amide bonds. The Kier molecular flexibility index (Phi) is 3.57. The van der Waals surface area contributed by atoms with Crippen LogP contribution in [0.5, 0.6) is 0 Å². The molecule has 4 nitrogen and oxygen atoms in total. The van der Waals surface area contributed by atoms with E-state index in [1.165, 1.54) is 0 Å². The number of carboxylic acids is 1. The predicted molar refractivity (Wildman–Crippen MR) is 69.2 cm³/mol. The molecule has 0 radical (unpaired) electrons. The van der Waals surface area contributed by atoms with Crippen molar-refractivity contribution < 1.29 is 9.90 Å². The van der Waals surface area contributed by atoms with E-state index in [9.17, 15) is 4.79 Å². The summed E-state index contributed by atoms with van der Waals surface area (Å²) in [5.74, 6) is -0.945. The number of aromatic nitrogens is 2. The average molecular weight is 242 g/mol. The lowest BCUT2D eigenvalue weighted by Gasteiger charge is -2.06. The zero-order chi connectivity index (χ0) is 13.0. The van der Waals surface area contributed by atoms with Crippen LogP contribution in [0.2, 0.25) is 0 Å². The van der Waals surface area contributed by atoms with Crippen molar-refractivity contribution in [3.63, 3.8) is 0 Å². The number of nitrogens with zero attached hydrogens (tertiary/aromatic N) is 2. The van der Waals surface area contributed by atoms with Crippen LogP contribution in [-0.2, 0) is 11.3 Å². The summed E-state index contributed by atoms with van der Waals surface area (Å²) in [6.45, 7) is 2.57. The van der Waals surface area contributed by atoms with Gasteiger partial charge in [0.25, 0.3) is 0 Å². The molecule has 2 aromatic rings. The van der Waals surface area contributed by atoms with Crippen LogP contribution in [-0.4, -0.2) is 20.9 Å². The molecule has 1 aromatic carbocycles. The summed E-state index contributed by atoms with van der Waals surface area (Å²) in [4.78, 5) is 10.5. The fraction of sp³-hybridized carbons (Fsp3) is 0.143. The Balaban J connectivity index is 2.24. The van der Waals surface area contributed by atoms with Gasteiger partial charge in [-0.15, -0.1) is 0 Å². The van der Waals surface area contributed by atoms with E-state index in [0.717, 1.165) is 22.9 Å². The summed E-state index contributed by atoms with van der Waals surface area (Å²) in [6.07, 6.45) is 4.66. The van der Waals surface area contributed by atoms with E-state index in [0.29, 0.717) is 6.54 Å². The molecule has 92 valence electrons. The second-order valence-electron chi connectivity index (χ2n) is 4.03. The van der Waals surface area contributed by atoms with Crippen LogP contribution in [0.3, 0.4) is 0 Å². The normalized spacial score (nSPS) is 10.9. The topological polar surface area (TPSA) is 55.1 Å². The van der Waals surface area contributed by atoms with E-state index in [4.69, 9.17) is 5.11 Å². The van der Waals surface area contributed by atoms with Crippen molar-refractivity contribution in [2.45, 2.75) is 13.5 Å². The third-order valence-corrected chi connectivity index (χ3v) is 2.57. The van der Waals surface area contributed by atoms with Crippen LogP contribution in [0, 0.1) is 6.92 Å². The highest BCUT2D eigenvalue weighted by atomic mass is 16.4. The van der Waals surface area contributed by atoms with Crippen LogP contribution in [0.4, 0.5) is 0 Å². The number of hydrogen-bond acceptors (Lipinski definition) is 2. The predicted octanol–water partition coefficient (Wildman–Crippen LogP) is 2.34. The first-order valence-electron chi connectivity index (χ1n) is 5.64. The second-order valence-corrected chi connectivity index (χ2v) is 4.03. The lowest BCUT2D eigenvalue weighted by atomic mass is 10.1. The quantitative estimate of drug-likeness (QED) is 0.837. The molecule has 0 fully saturated rings. The van der Waals surface area contributed by atoms with Gasteiger partial charge < -0.3 is 5.11 Å². The number of rotatable bonds is 4. The van der Waals surface area contributed by atoms with Crippen molar-refractivity contribution >= 4 is 12.0 Å². The van der Waals surface area contributed by atoms with Gasteiger partial charge >= 0.3 is 5.97 Å². The van der Waals surface area contributed by atoms with Crippen molar-refractivity contribution in [3.05, 3.63) is 59.4 Å². The molecule has 0 bridgehead atoms. The maximum absolute atomic E-state index is 10.5. The summed E-state index contributed by atoms with van der Waals surface area (Å²) in [5.41, 5.74) is 2.90. The number of aryl methyl sites for hydroxylation is 1. The lowest BCUT2D eigenvalue weighted by Crippen LogP contribution is -2.02. The SMILES string of the molecule is Cc1ccn(Cc2ccccc2C=CC(=O)O)n1. The fourth-order valence-electron chi connectivity index (χ4n) is 1.73. The summed E-state index contributed by atoms with van der Waals surface area (Å²) in [5, 5.41) is 13.0. The molecule has 0 spiro atoms. The highest BCUT2D eigenvalue weighted by Gasteiger charge is 2.01. The first kappa shape index (κ1) is 12.1. The van der Waals surface area contributed by atoms with Gasteiger partial charge in [0.1, 0.15) is 0 Å². The Bertz CT molecular complexity index is 585. The molecule has 4 heteroatoms. The molecule has 0 atom stereocenters. The van der Waals surface area contributed by atoms with E-state index in [1.54, 1.807) is 6.08 Å². The van der Waals surface area contributed by atoms with E-state index >= 15 is 0 Å². The Morgan fingerprint density at radius 2 is 2.17 bits per heavy atom. The van der Waals surface area contributed by atoms with Gasteiger partial charge in [-0.3, -0.25) is 4.68 Å². The van der Waals surface area contributed by atoms with Gasteiger partial charge in [0.2, 0.25) is 0 Å². The van der Waals surface area contributed by atoms with Gasteiger partial charge in [0, 0.05) is 12.3 Å². The van der Waals surface area contributed by atoms with E-state index < -0.39 is 5.97 Å². The third kappa shape index (κ3) is 3.07. The van der Waals surface area contributed by atoms with Crippen LogP contribution >= 0.6 is 0 Å². The molecule has 0 aliphatic rings. The third-order valence-electron chi connectivity index (χ3n) is 2.57. The Morgan fingerprint density at radius 3 is 2.83 bits per heavy atom. The summed E-state index contributed by atoms with van der Waals surface area (Å²) < 4.78 is 1.84. The molecule has 0 aliphatic carbocycles. The largest absolute Gasteiger partial charge is 0.478 e. The van der Waals surface area contributed by atoms with E-state index in [1.807, 2.05) is 48.1 Å². The fourth-order valence-corrected chi connectivity index (χ4v) is 1.73. The number of benzene rings is 1. The first-order chi connectivity index (χ1) is 8.65. The molecule has 1 aromatic heterocycles. The van der Waals surface area contributed by atoms with Crippen molar-refractivity contribution in [3.8, 4) is 0 Å². The van der Waals surface area contributed by atoms with E-state index in [2.05, 4.69) is 5.10 Å². The Hall–Kier alpha value is -2.36. The maximum Gasteiger partial charge on any atom is 0.328 e. The highest BCUT2D eigenvalue weighted by molar-refractivity contribution is 5.85. The Morgan fingerprint density at radius 1 is 1.39 bits per heavy atom. The molecule has 18 heavy (non-hydrogen) atoms. The number of aliphatic carboxylic acids is 1. The standard InChI is InChI=1S/C14H14N2O2/c1-11-8-9-16(15-11)10-13-5-3-2-4-12(13)6-7-14(17)18/h2-9H,10H2,1H3,(H,17,18). The highest BCUT2D eigenvalue weighted by Crippen LogP contribution is 2.12. The molecule has 0 saturated carbocycles. The number of hydrogen-bond donors (Lipinski definition) is 1. The molecule has 1 heterocycles. The number of carboxylic acid groups (broad SMARTS) is 1. The van der Waals surface area contributed by atoms with Gasteiger partial charge in [0.15, 0.2) is 0 Å². The van der Waals surface area contributed by atoms with Gasteiger partial charge in [-0.2, -0.15) is 5.10 Å². The van der Waals surface area contributed by atoms with Gasteiger partial charge in [-0.1, -0.05) is 24.3 Å². The second kappa shape index (κ2) is 5.31. The maximum atomic E-state index is 10.5. The summed E-state index contributed by atoms with van der Waals surface area (Å²) in [7, 11) is 0. The molecular formula is C14H14N2O2. The average Bonchev–Trinajstić information content (AvgIpc) is 2.73. The van der Waals surface area contributed by atoms with Crippen LogP contribution in [0.25, 0.3) is 6.08 Å². The summed E-state index contributed by atoms with van der Waals surface area (Å²) >= 11 is 0. The number of carbonyl (C=O) groups is 1. The zero-order valence-corrected chi connectivity index (χ0v) is 10.1. The van der Waals surface area contributed by atoms with Crippen LogP contribution < -0.4 is 0 Å². The van der Waals surface area contributed by atoms with Crippen LogP contribution in [0.1, 0.15) is 16.8 Å². The van der Waals surface area contributed by atoms with Crippen LogP contribution in [0.15, 0.2) is 42.6 Å². The molecule has 0 saturated heterocycles. The molecule has 0 unspecified atom stereocenters. The van der Waals surface area contributed by atoms with Gasteiger partial charge in [-0.25, -0.2) is 4.79 Å². The Labute approximate surface area is 105 Å². The van der Waals surface area contributed by atoms with Crippen molar-refractivity contribution in [2.24, 2.45) is 0 Å². The minimum atomic E-state index is -0.945. The molecule has 1 N–H and O–H groups in total. The molecule has 2 rings (SSSR count). The first-order valence-corrected chi connectivity index (χ1v) is 5.64. The van der Waals surface area contributed by atoms with Gasteiger partial charge in [-0.05, 0) is 30.2 Å². The molecular weight excluding hydrogens is 228 g/mol. The summed E-state index contributed by atoms with van der Waals surface area (Å²) in [6, 6.07) is 9.63.